The first-order valence-corrected chi connectivity index (χ1v) is 14.5. The van der Waals surface area contributed by atoms with Crippen molar-refractivity contribution in [2.75, 3.05) is 13.6 Å². The number of hydrogen-bond donors (Lipinski definition) is 1. The number of rotatable bonds is 10. The fourth-order valence-electron chi connectivity index (χ4n) is 4.52. The van der Waals surface area contributed by atoms with E-state index in [0.717, 1.165) is 9.87 Å². The number of carbonyl (C=O) groups excluding carboxylic acids is 3. The summed E-state index contributed by atoms with van der Waals surface area (Å²) >= 11 is 12.5. The van der Waals surface area contributed by atoms with E-state index in [1.165, 1.54) is 24.1 Å². The molecule has 0 saturated carbocycles. The SMILES string of the molecule is CNC(=O)[C@H](Cc1ccccc1)N(Cc1ccc(Cl)cc1Cl)C(=O)CCCN1C(=O)c2ccccc2S1(=O)=O. The standard InChI is InChI=1S/C28H27Cl2N3O5S/c1-31-27(35)24(16-19-8-3-2-4-9-19)32(18-20-13-14-21(29)17-23(20)30)26(34)12-7-15-33-28(36)22-10-5-6-11-25(22)39(33,37)38/h2-6,8-11,13-14,17,24H,7,12,15-16,18H2,1H3,(H,31,35)/t24-/m0/s1. The number of benzene rings is 3. The second kappa shape index (κ2) is 12.2. The van der Waals surface area contributed by atoms with E-state index in [0.29, 0.717) is 15.6 Å². The third-order valence-electron chi connectivity index (χ3n) is 6.54. The molecule has 39 heavy (non-hydrogen) atoms. The predicted octanol–water partition coefficient (Wildman–Crippen LogP) is 4.30. The molecule has 3 amide bonds. The monoisotopic (exact) mass is 587 g/mol. The van der Waals surface area contributed by atoms with Crippen molar-refractivity contribution < 1.29 is 22.8 Å². The molecule has 0 spiro atoms. The average Bonchev–Trinajstić information content (AvgIpc) is 3.12. The van der Waals surface area contributed by atoms with Crippen molar-refractivity contribution in [2.45, 2.75) is 36.7 Å². The van der Waals surface area contributed by atoms with E-state index in [2.05, 4.69) is 5.32 Å². The van der Waals surface area contributed by atoms with Gasteiger partial charge in [-0.2, -0.15) is 0 Å². The van der Waals surface area contributed by atoms with Crippen molar-refractivity contribution in [2.24, 2.45) is 0 Å². The van der Waals surface area contributed by atoms with Crippen molar-refractivity contribution >= 4 is 50.9 Å². The molecular weight excluding hydrogens is 561 g/mol. The summed E-state index contributed by atoms with van der Waals surface area (Å²) in [5.74, 6) is -1.35. The maximum absolute atomic E-state index is 13.6. The van der Waals surface area contributed by atoms with Gasteiger partial charge >= 0.3 is 0 Å². The molecule has 0 aromatic heterocycles. The Bertz CT molecular complexity index is 1500. The van der Waals surface area contributed by atoms with Crippen molar-refractivity contribution in [3.05, 3.63) is 99.5 Å². The molecular formula is C28H27Cl2N3O5S. The van der Waals surface area contributed by atoms with Crippen LogP contribution in [0.25, 0.3) is 0 Å². The number of hydrogen-bond acceptors (Lipinski definition) is 5. The first-order chi connectivity index (χ1) is 18.6. The van der Waals surface area contributed by atoms with Gasteiger partial charge in [0, 0.05) is 43.0 Å². The lowest BCUT2D eigenvalue weighted by Gasteiger charge is -2.31. The van der Waals surface area contributed by atoms with Gasteiger partial charge in [-0.05, 0) is 41.8 Å². The molecule has 8 nitrogen and oxygen atoms in total. The average molecular weight is 589 g/mol. The minimum absolute atomic E-state index is 0.0339. The van der Waals surface area contributed by atoms with Gasteiger partial charge in [0.25, 0.3) is 15.9 Å². The Labute approximate surface area is 237 Å². The summed E-state index contributed by atoms with van der Waals surface area (Å²) in [6.45, 7) is -0.132. The zero-order chi connectivity index (χ0) is 28.2. The highest BCUT2D eigenvalue weighted by Gasteiger charge is 2.40. The molecule has 0 radical (unpaired) electrons. The van der Waals surface area contributed by atoms with Crippen molar-refractivity contribution in [3.8, 4) is 0 Å². The van der Waals surface area contributed by atoms with Crippen LogP contribution in [0.5, 0.6) is 0 Å². The molecule has 11 heteroatoms. The molecule has 4 rings (SSSR count). The van der Waals surface area contributed by atoms with Crippen LogP contribution in [0.2, 0.25) is 10.0 Å². The van der Waals surface area contributed by atoms with E-state index in [1.54, 1.807) is 30.3 Å². The molecule has 0 unspecified atom stereocenters. The predicted molar refractivity (Wildman–Crippen MR) is 149 cm³/mol. The first kappa shape index (κ1) is 28.6. The van der Waals surface area contributed by atoms with E-state index in [9.17, 15) is 22.8 Å². The number of halogens is 2. The Hall–Kier alpha value is -3.40. The number of nitrogens with one attached hydrogen (secondary N) is 1. The molecule has 3 aromatic carbocycles. The van der Waals surface area contributed by atoms with Gasteiger partial charge < -0.3 is 10.2 Å². The van der Waals surface area contributed by atoms with Gasteiger partial charge in [-0.15, -0.1) is 0 Å². The third-order valence-corrected chi connectivity index (χ3v) is 8.96. The van der Waals surface area contributed by atoms with Gasteiger partial charge in [-0.1, -0.05) is 71.7 Å². The second-order valence-electron chi connectivity index (χ2n) is 9.06. The lowest BCUT2D eigenvalue weighted by molar-refractivity contribution is -0.141. The van der Waals surface area contributed by atoms with E-state index in [1.807, 2.05) is 30.3 Å². The van der Waals surface area contributed by atoms with Gasteiger partial charge in [0.2, 0.25) is 11.8 Å². The minimum atomic E-state index is -3.98. The molecule has 1 heterocycles. The number of sulfonamides is 1. The van der Waals surface area contributed by atoms with Crippen LogP contribution in [-0.2, 0) is 32.6 Å². The molecule has 1 aliphatic heterocycles. The number of nitrogens with zero attached hydrogens (tertiary/aromatic N) is 2. The molecule has 1 aliphatic rings. The smallest absolute Gasteiger partial charge is 0.269 e. The lowest BCUT2D eigenvalue weighted by atomic mass is 10.0. The Morgan fingerprint density at radius 1 is 1.00 bits per heavy atom. The molecule has 0 saturated heterocycles. The number of amides is 3. The normalized spacial score (nSPS) is 14.5. The molecule has 0 bridgehead atoms. The van der Waals surface area contributed by atoms with Gasteiger partial charge in [0.05, 0.1) is 5.56 Å². The van der Waals surface area contributed by atoms with E-state index in [4.69, 9.17) is 23.2 Å². The van der Waals surface area contributed by atoms with Gasteiger partial charge in [0.15, 0.2) is 0 Å². The largest absolute Gasteiger partial charge is 0.357 e. The Balaban J connectivity index is 1.56. The van der Waals surface area contributed by atoms with Gasteiger partial charge in [-0.25, -0.2) is 12.7 Å². The highest BCUT2D eigenvalue weighted by molar-refractivity contribution is 7.90. The zero-order valence-corrected chi connectivity index (χ0v) is 23.5. The summed E-state index contributed by atoms with van der Waals surface area (Å²) in [4.78, 5) is 40.8. The zero-order valence-electron chi connectivity index (χ0n) is 21.1. The topological polar surface area (TPSA) is 104 Å². The minimum Gasteiger partial charge on any atom is -0.357 e. The van der Waals surface area contributed by atoms with Crippen LogP contribution in [0.4, 0.5) is 0 Å². The number of fused-ring (bicyclic) bond motifs is 1. The van der Waals surface area contributed by atoms with Crippen LogP contribution < -0.4 is 5.32 Å². The van der Waals surface area contributed by atoms with Crippen LogP contribution in [0.3, 0.4) is 0 Å². The van der Waals surface area contributed by atoms with Crippen LogP contribution >= 0.6 is 23.2 Å². The molecule has 1 N–H and O–H groups in total. The highest BCUT2D eigenvalue weighted by Crippen LogP contribution is 2.30. The van der Waals surface area contributed by atoms with Gasteiger partial charge in [0.1, 0.15) is 10.9 Å². The van der Waals surface area contributed by atoms with Crippen molar-refractivity contribution in [1.82, 2.24) is 14.5 Å². The summed E-state index contributed by atoms with van der Waals surface area (Å²) in [5.41, 5.74) is 1.58. The summed E-state index contributed by atoms with van der Waals surface area (Å²) < 4.78 is 26.6. The quantitative estimate of drug-likeness (QED) is 0.381. The molecule has 0 fully saturated rings. The van der Waals surface area contributed by atoms with E-state index < -0.39 is 22.0 Å². The molecule has 1 atom stereocenters. The van der Waals surface area contributed by atoms with Crippen molar-refractivity contribution in [1.29, 1.82) is 0 Å². The summed E-state index contributed by atoms with van der Waals surface area (Å²) in [7, 11) is -2.48. The lowest BCUT2D eigenvalue weighted by Crippen LogP contribution is -2.49. The van der Waals surface area contributed by atoms with Crippen molar-refractivity contribution in [3.63, 3.8) is 0 Å². The second-order valence-corrected chi connectivity index (χ2v) is 11.7. The summed E-state index contributed by atoms with van der Waals surface area (Å²) in [6, 6.07) is 19.4. The maximum Gasteiger partial charge on any atom is 0.269 e. The highest BCUT2D eigenvalue weighted by atomic mass is 35.5. The van der Waals surface area contributed by atoms with E-state index >= 15 is 0 Å². The van der Waals surface area contributed by atoms with Crippen LogP contribution in [-0.4, -0.2) is 55.0 Å². The van der Waals surface area contributed by atoms with Crippen LogP contribution in [0, 0.1) is 0 Å². The molecule has 3 aromatic rings. The van der Waals surface area contributed by atoms with Gasteiger partial charge in [-0.3, -0.25) is 14.4 Å². The Morgan fingerprint density at radius 2 is 1.69 bits per heavy atom. The fourth-order valence-corrected chi connectivity index (χ4v) is 6.60. The Morgan fingerprint density at radius 3 is 2.36 bits per heavy atom. The molecule has 204 valence electrons. The first-order valence-electron chi connectivity index (χ1n) is 12.3. The number of likely N-dealkylation sites (N-methyl/N-ethyl adjacent to an activating group) is 1. The summed E-state index contributed by atoms with van der Waals surface area (Å²) in [6.07, 6.45) is 0.239. The number of carbonyl (C=O) groups is 3. The van der Waals surface area contributed by atoms with Crippen LogP contribution in [0.1, 0.15) is 34.3 Å². The maximum atomic E-state index is 13.6. The van der Waals surface area contributed by atoms with Crippen LogP contribution in [0.15, 0.2) is 77.7 Å². The van der Waals surface area contributed by atoms with E-state index in [-0.39, 0.29) is 54.6 Å². The molecule has 0 aliphatic carbocycles. The third kappa shape index (κ3) is 6.27. The summed E-state index contributed by atoms with van der Waals surface area (Å²) in [5, 5.41) is 3.42. The Kier molecular flexibility index (Phi) is 8.94. The fraction of sp³-hybridized carbons (Fsp3) is 0.250.